The van der Waals surface area contributed by atoms with Crippen LogP contribution in [-0.2, 0) is 5.88 Å². The number of benzene rings is 1. The van der Waals surface area contributed by atoms with Crippen LogP contribution in [0.2, 0.25) is 5.02 Å². The Kier molecular flexibility index (Phi) is 4.74. The minimum Gasteiger partial charge on any atom is -0.474 e. The first-order valence-electron chi connectivity index (χ1n) is 4.62. The molecule has 0 radical (unpaired) electrons. The van der Waals surface area contributed by atoms with Crippen LogP contribution in [0.3, 0.4) is 0 Å². The van der Waals surface area contributed by atoms with E-state index in [1.165, 1.54) is 0 Å². The quantitative estimate of drug-likeness (QED) is 0.755. The molecule has 15 heavy (non-hydrogen) atoms. The maximum atomic E-state index is 8.79. The van der Waals surface area contributed by atoms with Crippen LogP contribution in [-0.4, -0.2) is 6.10 Å². The third-order valence-electron chi connectivity index (χ3n) is 1.97. The molecule has 1 aromatic carbocycles. The fourth-order valence-electron chi connectivity index (χ4n) is 1.13. The number of para-hydroxylation sites is 1. The van der Waals surface area contributed by atoms with E-state index in [9.17, 15) is 0 Å². The van der Waals surface area contributed by atoms with Gasteiger partial charge in [0.05, 0.1) is 10.9 Å². The van der Waals surface area contributed by atoms with Gasteiger partial charge in [0.2, 0.25) is 0 Å². The highest BCUT2D eigenvalue weighted by Crippen LogP contribution is 2.30. The standard InChI is InChI=1S/C11H11Cl2NO/c1-2-9(7-14)15-11-8(6-12)4-3-5-10(11)13/h3-5,9H,2,6H2,1H3. The second kappa shape index (κ2) is 5.85. The van der Waals surface area contributed by atoms with Crippen LogP contribution >= 0.6 is 23.2 Å². The SMILES string of the molecule is CCC(C#N)Oc1c(Cl)cccc1CCl. The van der Waals surface area contributed by atoms with Gasteiger partial charge < -0.3 is 4.74 Å². The lowest BCUT2D eigenvalue weighted by Gasteiger charge is -2.14. The van der Waals surface area contributed by atoms with Gasteiger partial charge >= 0.3 is 0 Å². The molecule has 0 heterocycles. The molecule has 1 unspecified atom stereocenters. The van der Waals surface area contributed by atoms with Gasteiger partial charge in [-0.3, -0.25) is 0 Å². The molecule has 0 bridgehead atoms. The summed E-state index contributed by atoms with van der Waals surface area (Å²) in [4.78, 5) is 0. The van der Waals surface area contributed by atoms with Crippen LogP contribution in [0.5, 0.6) is 5.75 Å². The van der Waals surface area contributed by atoms with Crippen molar-refractivity contribution in [3.8, 4) is 11.8 Å². The number of hydrogen-bond acceptors (Lipinski definition) is 2. The first-order chi connectivity index (χ1) is 7.22. The molecule has 0 aliphatic carbocycles. The Morgan fingerprint density at radius 1 is 1.53 bits per heavy atom. The smallest absolute Gasteiger partial charge is 0.184 e. The fourth-order valence-corrected chi connectivity index (χ4v) is 1.58. The molecule has 80 valence electrons. The first-order valence-corrected chi connectivity index (χ1v) is 5.53. The van der Waals surface area contributed by atoms with E-state index >= 15 is 0 Å². The van der Waals surface area contributed by atoms with Crippen LogP contribution in [0.4, 0.5) is 0 Å². The zero-order valence-electron chi connectivity index (χ0n) is 8.34. The summed E-state index contributed by atoms with van der Waals surface area (Å²) in [6.45, 7) is 1.88. The highest BCUT2D eigenvalue weighted by molar-refractivity contribution is 6.32. The molecule has 1 rings (SSSR count). The zero-order valence-corrected chi connectivity index (χ0v) is 9.85. The number of nitrogens with zero attached hydrogens (tertiary/aromatic N) is 1. The van der Waals surface area contributed by atoms with E-state index in [-0.39, 0.29) is 0 Å². The molecule has 0 aromatic heterocycles. The van der Waals surface area contributed by atoms with E-state index in [1.807, 2.05) is 13.0 Å². The van der Waals surface area contributed by atoms with Crippen molar-refractivity contribution in [1.29, 1.82) is 5.26 Å². The predicted molar refractivity (Wildman–Crippen MR) is 61.3 cm³/mol. The molecule has 0 N–H and O–H groups in total. The van der Waals surface area contributed by atoms with Gasteiger partial charge in [-0.25, -0.2) is 0 Å². The lowest BCUT2D eigenvalue weighted by atomic mass is 10.2. The summed E-state index contributed by atoms with van der Waals surface area (Å²) in [5.74, 6) is 0.833. The Labute approximate surface area is 99.4 Å². The summed E-state index contributed by atoms with van der Waals surface area (Å²) in [5.41, 5.74) is 0.804. The van der Waals surface area contributed by atoms with E-state index in [0.717, 1.165) is 5.56 Å². The van der Waals surface area contributed by atoms with Gasteiger partial charge in [0, 0.05) is 5.56 Å². The summed E-state index contributed by atoms with van der Waals surface area (Å²) in [6, 6.07) is 7.41. The second-order valence-corrected chi connectivity index (χ2v) is 3.68. The molecule has 1 aromatic rings. The van der Waals surface area contributed by atoms with E-state index < -0.39 is 6.10 Å². The zero-order chi connectivity index (χ0) is 11.3. The maximum Gasteiger partial charge on any atom is 0.184 e. The summed E-state index contributed by atoms with van der Waals surface area (Å²) >= 11 is 11.7. The van der Waals surface area contributed by atoms with Crippen molar-refractivity contribution in [3.05, 3.63) is 28.8 Å². The van der Waals surface area contributed by atoms with E-state index in [2.05, 4.69) is 6.07 Å². The molecule has 2 nitrogen and oxygen atoms in total. The molecule has 0 amide bonds. The third-order valence-corrected chi connectivity index (χ3v) is 2.55. The Morgan fingerprint density at radius 2 is 2.27 bits per heavy atom. The molecule has 0 fully saturated rings. The molecule has 0 aliphatic heterocycles. The monoisotopic (exact) mass is 243 g/mol. The minimum absolute atomic E-state index is 0.317. The second-order valence-electron chi connectivity index (χ2n) is 3.01. The Balaban J connectivity index is 2.97. The minimum atomic E-state index is -0.480. The van der Waals surface area contributed by atoms with Gasteiger partial charge in [-0.2, -0.15) is 5.26 Å². The highest BCUT2D eigenvalue weighted by Gasteiger charge is 2.12. The van der Waals surface area contributed by atoms with Gasteiger partial charge in [0.1, 0.15) is 11.8 Å². The van der Waals surface area contributed by atoms with E-state index in [0.29, 0.717) is 23.1 Å². The molecule has 0 saturated carbocycles. The fraction of sp³-hybridized carbons (Fsp3) is 0.364. The summed E-state index contributed by atoms with van der Waals surface area (Å²) in [6.07, 6.45) is 0.135. The van der Waals surface area contributed by atoms with Gasteiger partial charge in [0.15, 0.2) is 6.10 Å². The first kappa shape index (κ1) is 12.2. The van der Waals surface area contributed by atoms with Crippen LogP contribution in [0.1, 0.15) is 18.9 Å². The summed E-state index contributed by atoms with van der Waals surface area (Å²) in [7, 11) is 0. The average molecular weight is 244 g/mol. The normalized spacial score (nSPS) is 11.9. The topological polar surface area (TPSA) is 33.0 Å². The molecule has 4 heteroatoms. The molecule has 0 spiro atoms. The Bertz CT molecular complexity index is 373. The molecule has 0 saturated heterocycles. The van der Waals surface area contributed by atoms with Crippen LogP contribution in [0.25, 0.3) is 0 Å². The number of ether oxygens (including phenoxy) is 1. The van der Waals surface area contributed by atoms with E-state index in [1.54, 1.807) is 12.1 Å². The van der Waals surface area contributed by atoms with Gasteiger partial charge in [0.25, 0.3) is 0 Å². The van der Waals surface area contributed by atoms with Gasteiger partial charge in [-0.15, -0.1) is 11.6 Å². The summed E-state index contributed by atoms with van der Waals surface area (Å²) < 4.78 is 5.49. The maximum absolute atomic E-state index is 8.79. The molecular weight excluding hydrogens is 233 g/mol. The van der Waals surface area contributed by atoms with Crippen molar-refractivity contribution in [2.45, 2.75) is 25.3 Å². The number of rotatable bonds is 4. The van der Waals surface area contributed by atoms with Crippen molar-refractivity contribution in [2.24, 2.45) is 0 Å². The van der Waals surface area contributed by atoms with E-state index in [4.69, 9.17) is 33.2 Å². The van der Waals surface area contributed by atoms with Crippen LogP contribution in [0, 0.1) is 11.3 Å². The van der Waals surface area contributed by atoms with Crippen molar-refractivity contribution in [1.82, 2.24) is 0 Å². The van der Waals surface area contributed by atoms with Crippen molar-refractivity contribution in [3.63, 3.8) is 0 Å². The van der Waals surface area contributed by atoms with Crippen LogP contribution in [0.15, 0.2) is 18.2 Å². The number of alkyl halides is 1. The average Bonchev–Trinajstić information content (AvgIpc) is 2.27. The lowest BCUT2D eigenvalue weighted by molar-refractivity contribution is 0.250. The lowest BCUT2D eigenvalue weighted by Crippen LogP contribution is -2.13. The molecular formula is C11H11Cl2NO. The van der Waals surface area contributed by atoms with Gasteiger partial charge in [-0.05, 0) is 12.5 Å². The number of nitriles is 1. The Morgan fingerprint density at radius 3 is 2.80 bits per heavy atom. The molecule has 0 aliphatic rings. The van der Waals surface area contributed by atoms with Crippen molar-refractivity contribution in [2.75, 3.05) is 0 Å². The predicted octanol–water partition coefficient (Wildman–Crippen LogP) is 3.76. The number of hydrogen-bond donors (Lipinski definition) is 0. The number of halogens is 2. The van der Waals surface area contributed by atoms with Crippen molar-refractivity contribution < 1.29 is 4.74 Å². The van der Waals surface area contributed by atoms with Gasteiger partial charge in [-0.1, -0.05) is 30.7 Å². The largest absolute Gasteiger partial charge is 0.474 e. The van der Waals surface area contributed by atoms with Crippen molar-refractivity contribution >= 4 is 23.2 Å². The van der Waals surface area contributed by atoms with Crippen LogP contribution < -0.4 is 4.74 Å². The molecule has 1 atom stereocenters. The third kappa shape index (κ3) is 3.02. The Hall–Kier alpha value is -0.910. The summed E-state index contributed by atoms with van der Waals surface area (Å²) in [5, 5.41) is 9.28. The highest BCUT2D eigenvalue weighted by atomic mass is 35.5.